The van der Waals surface area contributed by atoms with Crippen LogP contribution in [0.4, 0.5) is 23.7 Å². The third-order valence-electron chi connectivity index (χ3n) is 11.2. The van der Waals surface area contributed by atoms with Crippen molar-refractivity contribution in [2.24, 2.45) is 11.5 Å². The van der Waals surface area contributed by atoms with Crippen molar-refractivity contribution >= 4 is 17.6 Å². The SMILES string of the molecule is NC[C@H]1O[C@H]2O[C@H]([C@H]3OCC(O)(n4ccc(=O)[nH]c4=O)C3O)[C@@H](C(N)=O)N(CCCNC(=O)NCc3ccc(N4CCC(Oc5ccc(OC(F)(F)F)cc5)CC4)cc3)O[C@@H]2[C@@H]1O. The lowest BCUT2D eigenvalue weighted by atomic mass is 9.95. The van der Waals surface area contributed by atoms with Crippen LogP contribution in [0.15, 0.2) is 70.4 Å². The maximum absolute atomic E-state index is 13.1. The first kappa shape index (κ1) is 45.7. The van der Waals surface area contributed by atoms with Crippen molar-refractivity contribution in [1.82, 2.24) is 25.2 Å². The number of hydrogen-bond acceptors (Lipinski definition) is 16. The van der Waals surface area contributed by atoms with Gasteiger partial charge in [-0.05, 0) is 48.4 Å². The van der Waals surface area contributed by atoms with E-state index in [2.05, 4.69) is 20.3 Å². The number of anilines is 1. The fourth-order valence-electron chi connectivity index (χ4n) is 8.00. The molecule has 2 unspecified atom stereocenters. The molecule has 344 valence electrons. The number of aliphatic hydroxyl groups is 3. The summed E-state index contributed by atoms with van der Waals surface area (Å²) in [6.45, 7) is 0.796. The van der Waals surface area contributed by atoms with E-state index in [0.29, 0.717) is 36.2 Å². The Labute approximate surface area is 356 Å². The van der Waals surface area contributed by atoms with Crippen LogP contribution in [0, 0.1) is 0 Å². The second-order valence-corrected chi connectivity index (χ2v) is 15.5. The minimum atomic E-state index is -4.77. The van der Waals surface area contributed by atoms with Gasteiger partial charge < -0.3 is 66.0 Å². The number of benzene rings is 2. The lowest BCUT2D eigenvalue weighted by molar-refractivity contribution is -0.274. The number of rotatable bonds is 14. The van der Waals surface area contributed by atoms with Gasteiger partial charge in [0, 0.05) is 70.1 Å². The van der Waals surface area contributed by atoms with E-state index in [9.17, 15) is 47.7 Å². The molecule has 0 saturated carbocycles. The smallest absolute Gasteiger partial charge is 0.490 e. The first-order valence-corrected chi connectivity index (χ1v) is 20.2. The number of aromatic amines is 1. The number of aromatic nitrogens is 2. The molecule has 21 nitrogen and oxygen atoms in total. The van der Waals surface area contributed by atoms with E-state index in [1.54, 1.807) is 0 Å². The van der Waals surface area contributed by atoms with Gasteiger partial charge in [-0.1, -0.05) is 12.1 Å². The van der Waals surface area contributed by atoms with Gasteiger partial charge in [0.1, 0.15) is 54.2 Å². The summed E-state index contributed by atoms with van der Waals surface area (Å²) in [4.78, 5) is 60.4. The van der Waals surface area contributed by atoms with Crippen LogP contribution in [0.5, 0.6) is 11.5 Å². The van der Waals surface area contributed by atoms with E-state index < -0.39 is 90.8 Å². The van der Waals surface area contributed by atoms with Crippen LogP contribution in [0.3, 0.4) is 0 Å². The molecule has 2 aromatic carbocycles. The lowest BCUT2D eigenvalue weighted by Crippen LogP contribution is -2.60. The van der Waals surface area contributed by atoms with Crippen molar-refractivity contribution in [2.75, 3.05) is 44.2 Å². The molecule has 9 atom stereocenters. The molecule has 0 radical (unpaired) electrons. The average Bonchev–Trinajstić information content (AvgIpc) is 3.64. The van der Waals surface area contributed by atoms with E-state index in [1.165, 1.54) is 24.3 Å². The zero-order valence-electron chi connectivity index (χ0n) is 33.6. The fourth-order valence-corrected chi connectivity index (χ4v) is 8.00. The average molecular weight is 895 g/mol. The van der Waals surface area contributed by atoms with Crippen LogP contribution < -0.4 is 47.7 Å². The van der Waals surface area contributed by atoms with Gasteiger partial charge in [0.25, 0.3) is 5.56 Å². The van der Waals surface area contributed by atoms with Crippen LogP contribution in [0.2, 0.25) is 0 Å². The second-order valence-electron chi connectivity index (χ2n) is 15.5. The summed E-state index contributed by atoms with van der Waals surface area (Å²) < 4.78 is 65.5. The van der Waals surface area contributed by atoms with Gasteiger partial charge in [-0.2, -0.15) is 5.06 Å². The number of primary amides is 1. The van der Waals surface area contributed by atoms with Crippen LogP contribution in [-0.4, -0.2) is 143 Å². The van der Waals surface area contributed by atoms with Crippen molar-refractivity contribution in [3.8, 4) is 11.5 Å². The fraction of sp³-hybridized carbons (Fsp3) is 0.538. The molecule has 0 spiro atoms. The summed E-state index contributed by atoms with van der Waals surface area (Å²) >= 11 is 0. The molecule has 10 N–H and O–H groups in total. The highest BCUT2D eigenvalue weighted by atomic mass is 19.4. The predicted molar refractivity (Wildman–Crippen MR) is 211 cm³/mol. The molecule has 63 heavy (non-hydrogen) atoms. The molecule has 5 heterocycles. The molecule has 4 fully saturated rings. The van der Waals surface area contributed by atoms with Crippen LogP contribution in [-0.2, 0) is 36.1 Å². The molecule has 7 rings (SSSR count). The van der Waals surface area contributed by atoms with Crippen LogP contribution >= 0.6 is 0 Å². The largest absolute Gasteiger partial charge is 0.573 e. The predicted octanol–water partition coefficient (Wildman–Crippen LogP) is -1.32. The van der Waals surface area contributed by atoms with Crippen molar-refractivity contribution in [2.45, 2.75) is 93.0 Å². The van der Waals surface area contributed by atoms with Crippen molar-refractivity contribution in [3.05, 3.63) is 87.2 Å². The first-order valence-electron chi connectivity index (χ1n) is 20.2. The molecular weight excluding hydrogens is 845 g/mol. The Morgan fingerprint density at radius 3 is 2.30 bits per heavy atom. The lowest BCUT2D eigenvalue weighted by Gasteiger charge is -2.36. The number of nitrogens with two attached hydrogens (primary N) is 2. The molecule has 4 saturated heterocycles. The van der Waals surface area contributed by atoms with E-state index in [0.717, 1.165) is 28.6 Å². The van der Waals surface area contributed by atoms with E-state index in [4.69, 9.17) is 35.3 Å². The zero-order chi connectivity index (χ0) is 45.1. The van der Waals surface area contributed by atoms with E-state index in [-0.39, 0.29) is 44.5 Å². The summed E-state index contributed by atoms with van der Waals surface area (Å²) in [6.07, 6.45) is -12.1. The number of halogens is 3. The van der Waals surface area contributed by atoms with Gasteiger partial charge in [0.05, 0.1) is 6.61 Å². The topological polar surface area (TPSA) is 288 Å². The molecule has 3 aromatic rings. The first-order chi connectivity index (χ1) is 30.0. The number of ether oxygens (including phenoxy) is 5. The van der Waals surface area contributed by atoms with Gasteiger partial charge in [0.2, 0.25) is 5.91 Å². The molecule has 1 aromatic heterocycles. The highest BCUT2D eigenvalue weighted by Crippen LogP contribution is 2.38. The minimum absolute atomic E-state index is 0.0785. The Kier molecular flexibility index (Phi) is 13.9. The van der Waals surface area contributed by atoms with E-state index in [1.807, 2.05) is 29.2 Å². The molecular formula is C39H49F3N8O13. The Morgan fingerprint density at radius 1 is 0.952 bits per heavy atom. The number of carbonyl (C=O) groups excluding carboxylic acids is 2. The number of carbonyl (C=O) groups is 2. The number of aliphatic hydroxyl groups excluding tert-OH is 2. The van der Waals surface area contributed by atoms with Crippen LogP contribution in [0.1, 0.15) is 24.8 Å². The monoisotopic (exact) mass is 894 g/mol. The molecule has 3 amide bonds. The highest BCUT2D eigenvalue weighted by molar-refractivity contribution is 5.80. The summed E-state index contributed by atoms with van der Waals surface area (Å²) in [5, 5.41) is 40.5. The summed E-state index contributed by atoms with van der Waals surface area (Å²) in [5.74, 6) is -0.868. The Morgan fingerprint density at radius 2 is 1.65 bits per heavy atom. The number of amides is 3. The van der Waals surface area contributed by atoms with Crippen LogP contribution in [0.25, 0.3) is 0 Å². The summed E-state index contributed by atoms with van der Waals surface area (Å²) in [6, 6.07) is 11.9. The third-order valence-corrected chi connectivity index (χ3v) is 11.2. The maximum Gasteiger partial charge on any atom is 0.573 e. The van der Waals surface area contributed by atoms with Gasteiger partial charge in [0.15, 0.2) is 18.1 Å². The highest BCUT2D eigenvalue weighted by Gasteiger charge is 2.60. The van der Waals surface area contributed by atoms with Crippen molar-refractivity contribution in [1.29, 1.82) is 0 Å². The molecule has 0 bridgehead atoms. The van der Waals surface area contributed by atoms with Gasteiger partial charge in [-0.3, -0.25) is 24.0 Å². The number of hydrogen-bond donors (Lipinski definition) is 8. The molecule has 4 aliphatic heterocycles. The number of alkyl halides is 3. The normalized spacial score (nSPS) is 29.2. The number of fused-ring (bicyclic) bond motifs is 1. The zero-order valence-corrected chi connectivity index (χ0v) is 33.6. The number of urea groups is 1. The van der Waals surface area contributed by atoms with Gasteiger partial charge in [-0.25, -0.2) is 9.59 Å². The molecule has 4 aliphatic rings. The third kappa shape index (κ3) is 10.6. The number of nitrogens with one attached hydrogen (secondary N) is 3. The van der Waals surface area contributed by atoms with Gasteiger partial charge in [-0.15, -0.1) is 13.2 Å². The Hall–Kier alpha value is -5.31. The maximum atomic E-state index is 13.1. The Balaban J connectivity index is 0.898. The van der Waals surface area contributed by atoms with Gasteiger partial charge >= 0.3 is 18.1 Å². The summed E-state index contributed by atoms with van der Waals surface area (Å²) in [7, 11) is 0. The second kappa shape index (κ2) is 19.2. The molecule has 0 aliphatic carbocycles. The quantitative estimate of drug-likeness (QED) is 0.0871. The number of H-pyrrole nitrogens is 1. The number of piperidine rings is 1. The summed E-state index contributed by atoms with van der Waals surface area (Å²) in [5.41, 5.74) is 9.25. The van der Waals surface area contributed by atoms with Crippen molar-refractivity contribution < 1.29 is 66.6 Å². The van der Waals surface area contributed by atoms with Crippen molar-refractivity contribution in [3.63, 3.8) is 0 Å². The minimum Gasteiger partial charge on any atom is -0.490 e. The van der Waals surface area contributed by atoms with E-state index >= 15 is 0 Å². The molecule has 24 heteroatoms. The Bertz CT molecular complexity index is 2160. The number of hydroxylamine groups is 2. The standard InChI is InChI=1S/C39H49F3N8O13/c40-39(41,42)62-25-8-6-23(7-9-25)59-24-10-15-48(16-11-24)22-4-2-21(3-5-22)19-46-36(55)45-13-1-14-50-28(34(44)54)30(61-35-31(63-50)29(52)26(18-43)60-35)32-33(53)38(57,20-58-32)49-17-12-27(51)47-37(49)56/h2-9,12,17,24,26,28-33,35,52-53,57H,1,10-11,13-16,18-20,43H2,(H2,44,54)(H2,45,46,55)(H,47,51,56)/t26-,28+,29-,30+,31-,32-,33?,35+,38?/m1/s1. The number of nitrogens with zero attached hydrogens (tertiary/aromatic N) is 3.